The summed E-state index contributed by atoms with van der Waals surface area (Å²) in [5.41, 5.74) is 1.92. The molecule has 0 saturated carbocycles. The smallest absolute Gasteiger partial charge is 0.335 e. The molecule has 0 aliphatic carbocycles. The molecule has 0 aliphatic heterocycles. The fourth-order valence-electron chi connectivity index (χ4n) is 4.17. The molecule has 0 unspecified atom stereocenters. The highest BCUT2D eigenvalue weighted by Crippen LogP contribution is 2.38. The maximum absolute atomic E-state index is 13.5. The van der Waals surface area contributed by atoms with Crippen LogP contribution in [0.15, 0.2) is 102 Å². The fraction of sp³-hybridized carbons (Fsp3) is 0.118. The summed E-state index contributed by atoms with van der Waals surface area (Å²) < 4.78 is 16.2. The molecular formula is C34H31N3O8S. The topological polar surface area (TPSA) is 152 Å². The van der Waals surface area contributed by atoms with Gasteiger partial charge in [-0.1, -0.05) is 18.2 Å². The second-order valence-corrected chi connectivity index (χ2v) is 10.6. The molecule has 4 rings (SSSR count). The average Bonchev–Trinajstić information content (AvgIpc) is 3.07. The Morgan fingerprint density at radius 3 is 1.89 bits per heavy atom. The van der Waals surface area contributed by atoms with Crippen molar-refractivity contribution in [2.24, 2.45) is 0 Å². The van der Waals surface area contributed by atoms with Crippen molar-refractivity contribution in [1.29, 1.82) is 0 Å². The molecule has 0 aliphatic rings. The van der Waals surface area contributed by atoms with Crippen LogP contribution in [0.25, 0.3) is 6.08 Å². The summed E-state index contributed by atoms with van der Waals surface area (Å²) >= 11 is 1.29. The number of nitrogens with one attached hydrogen (secondary N) is 3. The summed E-state index contributed by atoms with van der Waals surface area (Å²) in [6.45, 7) is 0. The molecule has 0 atom stereocenters. The third kappa shape index (κ3) is 8.89. The minimum atomic E-state index is -1.05. The predicted molar refractivity (Wildman–Crippen MR) is 176 cm³/mol. The number of rotatable bonds is 13. The number of anilines is 2. The molecule has 0 aromatic heterocycles. The van der Waals surface area contributed by atoms with Crippen LogP contribution in [-0.4, -0.2) is 55.9 Å². The van der Waals surface area contributed by atoms with E-state index in [-0.39, 0.29) is 22.9 Å². The summed E-state index contributed by atoms with van der Waals surface area (Å²) in [5, 5.41) is 17.2. The van der Waals surface area contributed by atoms with Crippen LogP contribution >= 0.6 is 11.8 Å². The third-order valence-corrected chi connectivity index (χ3v) is 7.44. The van der Waals surface area contributed by atoms with Gasteiger partial charge in [-0.25, -0.2) is 4.79 Å². The van der Waals surface area contributed by atoms with Crippen LogP contribution in [0.2, 0.25) is 0 Å². The van der Waals surface area contributed by atoms with Gasteiger partial charge >= 0.3 is 5.97 Å². The van der Waals surface area contributed by atoms with Crippen LogP contribution in [0.4, 0.5) is 11.4 Å². The maximum atomic E-state index is 13.5. The number of hydrogen-bond donors (Lipinski definition) is 4. The Bertz CT molecular complexity index is 1720. The third-order valence-electron chi connectivity index (χ3n) is 6.42. The molecule has 3 amide bonds. The van der Waals surface area contributed by atoms with E-state index in [0.717, 1.165) is 4.90 Å². The van der Waals surface area contributed by atoms with E-state index in [9.17, 15) is 19.2 Å². The van der Waals surface area contributed by atoms with Crippen LogP contribution in [0, 0.1) is 0 Å². The highest BCUT2D eigenvalue weighted by atomic mass is 32.2. The summed E-state index contributed by atoms with van der Waals surface area (Å²) in [5.74, 6) is -1.12. The zero-order chi connectivity index (χ0) is 33.1. The Morgan fingerprint density at radius 1 is 0.739 bits per heavy atom. The second-order valence-electron chi connectivity index (χ2n) is 9.53. The Balaban J connectivity index is 1.47. The number of thioether (sulfide) groups is 1. The lowest BCUT2D eigenvalue weighted by Gasteiger charge is -2.15. The molecule has 4 aromatic rings. The van der Waals surface area contributed by atoms with Gasteiger partial charge in [0.2, 0.25) is 11.7 Å². The molecule has 12 heteroatoms. The van der Waals surface area contributed by atoms with Crippen molar-refractivity contribution in [3.05, 3.63) is 113 Å². The number of ether oxygens (including phenoxy) is 3. The van der Waals surface area contributed by atoms with E-state index >= 15 is 0 Å². The average molecular weight is 642 g/mol. The Hall–Kier alpha value is -5.75. The molecule has 0 saturated heterocycles. The van der Waals surface area contributed by atoms with Gasteiger partial charge in [0.1, 0.15) is 5.70 Å². The molecule has 46 heavy (non-hydrogen) atoms. The van der Waals surface area contributed by atoms with Gasteiger partial charge in [0.25, 0.3) is 11.8 Å². The monoisotopic (exact) mass is 641 g/mol. The quantitative estimate of drug-likeness (QED) is 0.109. The Kier molecular flexibility index (Phi) is 11.4. The zero-order valence-corrected chi connectivity index (χ0v) is 26.0. The summed E-state index contributed by atoms with van der Waals surface area (Å²) in [4.78, 5) is 50.6. The lowest BCUT2D eigenvalue weighted by Crippen LogP contribution is -2.30. The highest BCUT2D eigenvalue weighted by Gasteiger charge is 2.18. The number of carbonyl (C=O) groups excluding carboxylic acids is 3. The first-order valence-corrected chi connectivity index (χ1v) is 14.7. The van der Waals surface area contributed by atoms with E-state index in [2.05, 4.69) is 16.0 Å². The van der Waals surface area contributed by atoms with E-state index in [1.54, 1.807) is 66.7 Å². The van der Waals surface area contributed by atoms with Gasteiger partial charge in [-0.3, -0.25) is 14.4 Å². The van der Waals surface area contributed by atoms with Gasteiger partial charge in [0.15, 0.2) is 11.5 Å². The van der Waals surface area contributed by atoms with Crippen molar-refractivity contribution in [1.82, 2.24) is 5.32 Å². The normalized spacial score (nSPS) is 10.8. The zero-order valence-electron chi connectivity index (χ0n) is 25.2. The van der Waals surface area contributed by atoms with Gasteiger partial charge in [0.05, 0.1) is 32.6 Å². The van der Waals surface area contributed by atoms with Gasteiger partial charge in [-0.15, -0.1) is 11.8 Å². The predicted octanol–water partition coefficient (Wildman–Crippen LogP) is 5.55. The van der Waals surface area contributed by atoms with Crippen molar-refractivity contribution >= 4 is 52.9 Å². The first-order valence-electron chi connectivity index (χ1n) is 13.8. The van der Waals surface area contributed by atoms with E-state index in [1.165, 1.54) is 63.4 Å². The maximum Gasteiger partial charge on any atom is 0.335 e. The molecule has 11 nitrogen and oxygen atoms in total. The first-order chi connectivity index (χ1) is 22.2. The SMILES string of the molecule is COc1cc(/C=C(\NC(=O)c2ccccc2)C(=O)Nc2ccc(SCC(=O)Nc3ccc(C(=O)O)cc3)cc2)cc(OC)c1OC. The van der Waals surface area contributed by atoms with Crippen molar-refractivity contribution in [3.8, 4) is 17.2 Å². The van der Waals surface area contributed by atoms with Gasteiger partial charge in [-0.2, -0.15) is 0 Å². The van der Waals surface area contributed by atoms with Gasteiger partial charge in [0, 0.05) is 21.8 Å². The van der Waals surface area contributed by atoms with Gasteiger partial charge < -0.3 is 35.3 Å². The van der Waals surface area contributed by atoms with E-state index in [4.69, 9.17) is 19.3 Å². The van der Waals surface area contributed by atoms with E-state index in [0.29, 0.717) is 39.8 Å². The fourth-order valence-corrected chi connectivity index (χ4v) is 4.87. The van der Waals surface area contributed by atoms with E-state index < -0.39 is 17.8 Å². The van der Waals surface area contributed by atoms with Crippen LogP contribution in [-0.2, 0) is 9.59 Å². The number of carbonyl (C=O) groups is 4. The molecule has 0 heterocycles. The summed E-state index contributed by atoms with van der Waals surface area (Å²) in [6.07, 6.45) is 1.50. The number of hydrogen-bond acceptors (Lipinski definition) is 8. The number of aromatic carboxylic acids is 1. The van der Waals surface area contributed by atoms with E-state index in [1.807, 2.05) is 0 Å². The van der Waals surface area contributed by atoms with Crippen LogP contribution in [0.5, 0.6) is 17.2 Å². The number of benzene rings is 4. The van der Waals surface area contributed by atoms with Crippen LogP contribution in [0.1, 0.15) is 26.3 Å². The van der Waals surface area contributed by atoms with Crippen molar-refractivity contribution < 1.29 is 38.5 Å². The first kappa shape index (κ1) is 33.1. The lowest BCUT2D eigenvalue weighted by atomic mass is 10.1. The Labute approximate surface area is 269 Å². The standard InChI is InChI=1S/C34H31N3O8S/c1-43-28-18-21(19-29(44-2)31(28)45-3)17-27(37-32(39)22-7-5-4-6-8-22)33(40)36-25-13-15-26(16-14-25)46-20-30(38)35-24-11-9-23(10-12-24)34(41)42/h4-19H,20H2,1-3H3,(H,35,38)(H,36,40)(H,37,39)(H,41,42)/b27-17-. The largest absolute Gasteiger partial charge is 0.493 e. The van der Waals surface area contributed by atoms with Crippen molar-refractivity contribution in [2.75, 3.05) is 37.7 Å². The number of amides is 3. The van der Waals surface area contributed by atoms with Gasteiger partial charge in [-0.05, 0) is 84.4 Å². The number of methoxy groups -OCH3 is 3. The second kappa shape index (κ2) is 15.8. The number of carboxylic acid groups (broad SMARTS) is 1. The van der Waals surface area contributed by atoms with Crippen molar-refractivity contribution in [2.45, 2.75) is 4.90 Å². The molecule has 0 radical (unpaired) electrons. The molecule has 236 valence electrons. The molecule has 0 bridgehead atoms. The lowest BCUT2D eigenvalue weighted by molar-refractivity contribution is -0.114. The summed E-state index contributed by atoms with van der Waals surface area (Å²) in [6, 6.07) is 24.5. The number of carboxylic acids is 1. The molecule has 0 fully saturated rings. The molecule has 0 spiro atoms. The Morgan fingerprint density at radius 2 is 1.33 bits per heavy atom. The van der Waals surface area contributed by atoms with Crippen molar-refractivity contribution in [3.63, 3.8) is 0 Å². The highest BCUT2D eigenvalue weighted by molar-refractivity contribution is 8.00. The molecule has 4 N–H and O–H groups in total. The molecular weight excluding hydrogens is 610 g/mol. The molecule has 4 aromatic carbocycles. The van der Waals surface area contributed by atoms with Crippen LogP contribution in [0.3, 0.4) is 0 Å². The minimum Gasteiger partial charge on any atom is -0.493 e. The summed E-state index contributed by atoms with van der Waals surface area (Å²) in [7, 11) is 4.44. The minimum absolute atomic E-state index is 0.0327. The van der Waals surface area contributed by atoms with Crippen LogP contribution < -0.4 is 30.2 Å².